The fourth-order valence-electron chi connectivity index (χ4n) is 1.19. The number of hydrogen-bond donors (Lipinski definition) is 0. The van der Waals surface area contributed by atoms with Crippen LogP contribution in [0.2, 0.25) is 0 Å². The number of halogens is 1. The Balaban J connectivity index is 2.96. The van der Waals surface area contributed by atoms with Crippen LogP contribution in [0.3, 0.4) is 0 Å². The second-order valence-corrected chi connectivity index (χ2v) is 3.01. The highest BCUT2D eigenvalue weighted by Gasteiger charge is 2.19. The zero-order valence-electron chi connectivity index (χ0n) is 8.54. The van der Waals surface area contributed by atoms with E-state index in [1.165, 1.54) is 12.1 Å². The van der Waals surface area contributed by atoms with E-state index in [2.05, 4.69) is 4.74 Å². The van der Waals surface area contributed by atoms with E-state index < -0.39 is 17.6 Å². The summed E-state index contributed by atoms with van der Waals surface area (Å²) in [5.74, 6) is -2.09. The highest BCUT2D eigenvalue weighted by atomic mass is 19.1. The normalized spacial score (nSPS) is 9.80. The predicted octanol–water partition coefficient (Wildman–Crippen LogP) is 1.88. The van der Waals surface area contributed by atoms with Gasteiger partial charge in [-0.3, -0.25) is 4.79 Å². The molecule has 4 heteroatoms. The number of ketones is 1. The molecule has 0 fully saturated rings. The largest absolute Gasteiger partial charge is 0.460 e. The molecule has 0 aliphatic rings. The van der Waals surface area contributed by atoms with Gasteiger partial charge in [0.2, 0.25) is 0 Å². The lowest BCUT2D eigenvalue weighted by Gasteiger charge is -2.04. The number of carbonyl (C=O) groups excluding carboxylic acids is 2. The second-order valence-electron chi connectivity index (χ2n) is 3.01. The molecular formula is C11H11FO3. The highest BCUT2D eigenvalue weighted by molar-refractivity contribution is 6.40. The quantitative estimate of drug-likeness (QED) is 0.434. The third kappa shape index (κ3) is 2.62. The van der Waals surface area contributed by atoms with Crippen LogP contribution in [0.4, 0.5) is 4.39 Å². The number of ether oxygens (including phenoxy) is 1. The van der Waals surface area contributed by atoms with Gasteiger partial charge in [-0.1, -0.05) is 0 Å². The SMILES string of the molecule is CCOC(=O)C(=O)c1ccc(F)cc1C. The van der Waals surface area contributed by atoms with Crippen molar-refractivity contribution >= 4 is 11.8 Å². The summed E-state index contributed by atoms with van der Waals surface area (Å²) in [6.07, 6.45) is 0. The van der Waals surface area contributed by atoms with Crippen LogP contribution in [0.15, 0.2) is 18.2 Å². The smallest absolute Gasteiger partial charge is 0.379 e. The van der Waals surface area contributed by atoms with Crippen LogP contribution in [-0.4, -0.2) is 18.4 Å². The van der Waals surface area contributed by atoms with E-state index in [9.17, 15) is 14.0 Å². The van der Waals surface area contributed by atoms with Crippen molar-refractivity contribution in [1.82, 2.24) is 0 Å². The van der Waals surface area contributed by atoms with Crippen molar-refractivity contribution in [1.29, 1.82) is 0 Å². The van der Waals surface area contributed by atoms with Crippen molar-refractivity contribution in [3.63, 3.8) is 0 Å². The minimum atomic E-state index is -0.910. The molecule has 0 aliphatic carbocycles. The molecule has 0 heterocycles. The maximum atomic E-state index is 12.7. The molecule has 0 atom stereocenters. The van der Waals surface area contributed by atoms with E-state index in [-0.39, 0.29) is 12.2 Å². The summed E-state index contributed by atoms with van der Waals surface area (Å²) in [5.41, 5.74) is 0.600. The van der Waals surface area contributed by atoms with Gasteiger partial charge in [0.15, 0.2) is 0 Å². The van der Waals surface area contributed by atoms with Crippen molar-refractivity contribution in [3.8, 4) is 0 Å². The maximum absolute atomic E-state index is 12.7. The lowest BCUT2D eigenvalue weighted by molar-refractivity contribution is -0.137. The molecule has 3 nitrogen and oxygen atoms in total. The molecule has 0 saturated carbocycles. The first kappa shape index (κ1) is 11.4. The van der Waals surface area contributed by atoms with Gasteiger partial charge in [0.05, 0.1) is 6.61 Å². The first-order valence-electron chi connectivity index (χ1n) is 4.54. The van der Waals surface area contributed by atoms with Gasteiger partial charge in [-0.15, -0.1) is 0 Å². The first-order valence-corrected chi connectivity index (χ1v) is 4.54. The second kappa shape index (κ2) is 4.68. The Morgan fingerprint density at radius 2 is 2.07 bits per heavy atom. The monoisotopic (exact) mass is 210 g/mol. The molecular weight excluding hydrogens is 199 g/mol. The Labute approximate surface area is 86.9 Å². The van der Waals surface area contributed by atoms with E-state index in [4.69, 9.17) is 0 Å². The summed E-state index contributed by atoms with van der Waals surface area (Å²) in [4.78, 5) is 22.6. The van der Waals surface area contributed by atoms with Crippen LogP contribution < -0.4 is 0 Å². The van der Waals surface area contributed by atoms with E-state index in [1.54, 1.807) is 13.8 Å². The molecule has 15 heavy (non-hydrogen) atoms. The fourth-order valence-corrected chi connectivity index (χ4v) is 1.19. The Kier molecular flexibility index (Phi) is 3.55. The molecule has 0 N–H and O–H groups in total. The Morgan fingerprint density at radius 3 is 2.60 bits per heavy atom. The van der Waals surface area contributed by atoms with Crippen LogP contribution in [0.25, 0.3) is 0 Å². The number of aryl methyl sites for hydroxylation is 1. The van der Waals surface area contributed by atoms with Crippen molar-refractivity contribution in [2.45, 2.75) is 13.8 Å². The van der Waals surface area contributed by atoms with E-state index in [1.807, 2.05) is 0 Å². The van der Waals surface area contributed by atoms with Crippen molar-refractivity contribution < 1.29 is 18.7 Å². The van der Waals surface area contributed by atoms with Crippen LogP contribution in [-0.2, 0) is 9.53 Å². The summed E-state index contributed by atoms with van der Waals surface area (Å²) >= 11 is 0. The van der Waals surface area contributed by atoms with Gasteiger partial charge in [-0.2, -0.15) is 0 Å². The average Bonchev–Trinajstić information content (AvgIpc) is 2.17. The van der Waals surface area contributed by atoms with Gasteiger partial charge in [0.25, 0.3) is 5.78 Å². The number of Topliss-reactive ketones (excluding diaryl/α,β-unsaturated/α-hetero) is 1. The highest BCUT2D eigenvalue weighted by Crippen LogP contribution is 2.11. The lowest BCUT2D eigenvalue weighted by atomic mass is 10.0. The summed E-state index contributed by atoms with van der Waals surface area (Å²) in [5, 5.41) is 0. The average molecular weight is 210 g/mol. The fraction of sp³-hybridized carbons (Fsp3) is 0.273. The third-order valence-corrected chi connectivity index (χ3v) is 1.89. The van der Waals surface area contributed by atoms with Crippen molar-refractivity contribution in [2.24, 2.45) is 0 Å². The molecule has 0 aliphatic heterocycles. The molecule has 0 bridgehead atoms. The summed E-state index contributed by atoms with van der Waals surface area (Å²) < 4.78 is 17.3. The summed E-state index contributed by atoms with van der Waals surface area (Å²) in [6.45, 7) is 3.32. The number of esters is 1. The molecule has 80 valence electrons. The minimum Gasteiger partial charge on any atom is -0.460 e. The molecule has 1 rings (SSSR count). The van der Waals surface area contributed by atoms with Crippen LogP contribution >= 0.6 is 0 Å². The van der Waals surface area contributed by atoms with Gasteiger partial charge >= 0.3 is 5.97 Å². The Hall–Kier alpha value is -1.71. The third-order valence-electron chi connectivity index (χ3n) is 1.89. The molecule has 1 aromatic rings. The van der Waals surface area contributed by atoms with Gasteiger partial charge in [-0.25, -0.2) is 9.18 Å². The van der Waals surface area contributed by atoms with Crippen LogP contribution in [0.5, 0.6) is 0 Å². The molecule has 0 unspecified atom stereocenters. The maximum Gasteiger partial charge on any atom is 0.379 e. The van der Waals surface area contributed by atoms with E-state index in [0.717, 1.165) is 6.07 Å². The van der Waals surface area contributed by atoms with E-state index >= 15 is 0 Å². The first-order chi connectivity index (χ1) is 7.06. The summed E-state index contributed by atoms with van der Waals surface area (Å²) in [6, 6.07) is 3.62. The molecule has 0 aromatic heterocycles. The van der Waals surface area contributed by atoms with Crippen molar-refractivity contribution in [2.75, 3.05) is 6.61 Å². The lowest BCUT2D eigenvalue weighted by Crippen LogP contribution is -2.18. The number of benzene rings is 1. The van der Waals surface area contributed by atoms with Crippen LogP contribution in [0, 0.1) is 12.7 Å². The summed E-state index contributed by atoms with van der Waals surface area (Å²) in [7, 11) is 0. The predicted molar refractivity (Wildman–Crippen MR) is 52.1 cm³/mol. The Morgan fingerprint density at radius 1 is 1.40 bits per heavy atom. The van der Waals surface area contributed by atoms with E-state index in [0.29, 0.717) is 5.56 Å². The minimum absolute atomic E-state index is 0.144. The van der Waals surface area contributed by atoms with Gasteiger partial charge in [0.1, 0.15) is 5.82 Å². The molecule has 0 spiro atoms. The van der Waals surface area contributed by atoms with Crippen molar-refractivity contribution in [3.05, 3.63) is 35.1 Å². The van der Waals surface area contributed by atoms with Gasteiger partial charge < -0.3 is 4.74 Å². The number of rotatable bonds is 3. The molecule has 0 radical (unpaired) electrons. The Bertz CT molecular complexity index is 399. The van der Waals surface area contributed by atoms with Gasteiger partial charge in [0, 0.05) is 5.56 Å². The number of carbonyl (C=O) groups is 2. The topological polar surface area (TPSA) is 43.4 Å². The van der Waals surface area contributed by atoms with Crippen LogP contribution in [0.1, 0.15) is 22.8 Å². The van der Waals surface area contributed by atoms with Gasteiger partial charge in [-0.05, 0) is 37.6 Å². The number of hydrogen-bond acceptors (Lipinski definition) is 3. The molecule has 0 saturated heterocycles. The molecule has 1 aromatic carbocycles. The molecule has 0 amide bonds. The zero-order valence-corrected chi connectivity index (χ0v) is 8.54. The zero-order chi connectivity index (χ0) is 11.4. The standard InChI is InChI=1S/C11H11FO3/c1-3-15-11(14)10(13)9-5-4-8(12)6-7(9)2/h4-6H,3H2,1-2H3.